The number of urea groups is 1. The fourth-order valence-corrected chi connectivity index (χ4v) is 5.50. The lowest BCUT2D eigenvalue weighted by molar-refractivity contribution is -0.139. The smallest absolute Gasteiger partial charge is 0.326 e. The van der Waals surface area contributed by atoms with Crippen LogP contribution in [0.3, 0.4) is 0 Å². The van der Waals surface area contributed by atoms with E-state index in [1.165, 1.54) is 6.42 Å². The first kappa shape index (κ1) is 28.4. The van der Waals surface area contributed by atoms with E-state index < -0.39 is 24.1 Å². The summed E-state index contributed by atoms with van der Waals surface area (Å²) in [6.07, 6.45) is 12.0. The molecule has 2 aliphatic rings. The Morgan fingerprint density at radius 1 is 0.912 bits per heavy atom. The van der Waals surface area contributed by atoms with Gasteiger partial charge in [0, 0.05) is 6.04 Å². The number of carboxylic acid groups (broad SMARTS) is 1. The minimum absolute atomic E-state index is 0.132. The van der Waals surface area contributed by atoms with Crippen LogP contribution >= 0.6 is 0 Å². The zero-order valence-electron chi connectivity index (χ0n) is 21.5. The van der Waals surface area contributed by atoms with Gasteiger partial charge < -0.3 is 26.8 Å². The normalized spacial score (nSPS) is 23.5. The quantitative estimate of drug-likeness (QED) is 0.286. The molecule has 0 radical (unpaired) electrons. The predicted molar refractivity (Wildman–Crippen MR) is 134 cm³/mol. The number of nitrogens with two attached hydrogens (primary N) is 1. The Kier molecular flexibility index (Phi) is 11.6. The Hall–Kier alpha value is -1.83. The van der Waals surface area contributed by atoms with Gasteiger partial charge in [-0.2, -0.15) is 0 Å². The van der Waals surface area contributed by atoms with Crippen LogP contribution in [0.15, 0.2) is 0 Å². The molecule has 1 unspecified atom stereocenters. The van der Waals surface area contributed by atoms with Crippen molar-refractivity contribution in [1.29, 1.82) is 0 Å². The molecule has 0 aromatic heterocycles. The van der Waals surface area contributed by atoms with Gasteiger partial charge in [-0.15, -0.1) is 0 Å². The third-order valence-electron chi connectivity index (χ3n) is 7.76. The molecule has 2 atom stereocenters. The van der Waals surface area contributed by atoms with E-state index in [-0.39, 0.29) is 17.4 Å². The van der Waals surface area contributed by atoms with Crippen molar-refractivity contribution >= 4 is 17.9 Å². The van der Waals surface area contributed by atoms with Gasteiger partial charge in [0.2, 0.25) is 5.91 Å². The van der Waals surface area contributed by atoms with Crippen molar-refractivity contribution < 1.29 is 19.5 Å². The number of carboxylic acids is 1. The summed E-state index contributed by atoms with van der Waals surface area (Å²) in [5.41, 5.74) is 5.77. The molecule has 0 aromatic carbocycles. The zero-order valence-corrected chi connectivity index (χ0v) is 21.5. The lowest BCUT2D eigenvalue weighted by Gasteiger charge is -2.37. The maximum atomic E-state index is 13.2. The lowest BCUT2D eigenvalue weighted by Crippen LogP contribution is -2.55. The molecule has 0 saturated heterocycles. The van der Waals surface area contributed by atoms with E-state index in [1.54, 1.807) is 0 Å². The number of unbranched alkanes of at least 4 members (excludes halogenated alkanes) is 1. The van der Waals surface area contributed by atoms with Crippen LogP contribution in [-0.4, -0.2) is 47.7 Å². The molecule has 0 heterocycles. The Balaban J connectivity index is 1.96. The topological polar surface area (TPSA) is 134 Å². The van der Waals surface area contributed by atoms with Gasteiger partial charge in [0.05, 0.1) is 0 Å². The number of rotatable bonds is 11. The average molecular weight is 481 g/mol. The van der Waals surface area contributed by atoms with E-state index in [1.807, 2.05) is 0 Å². The molecular formula is C26H48N4O4. The van der Waals surface area contributed by atoms with Gasteiger partial charge in [-0.1, -0.05) is 52.9 Å². The fraction of sp³-hybridized carbons (Fsp3) is 0.885. The van der Waals surface area contributed by atoms with Crippen molar-refractivity contribution in [2.45, 2.75) is 122 Å². The lowest BCUT2D eigenvalue weighted by atomic mass is 9.71. The second-order valence-corrected chi connectivity index (χ2v) is 11.5. The molecular weight excluding hydrogens is 432 g/mol. The highest BCUT2D eigenvalue weighted by Crippen LogP contribution is 2.37. The monoisotopic (exact) mass is 480 g/mol. The van der Waals surface area contributed by atoms with E-state index in [9.17, 15) is 19.5 Å². The summed E-state index contributed by atoms with van der Waals surface area (Å²) < 4.78 is 0. The largest absolute Gasteiger partial charge is 0.480 e. The van der Waals surface area contributed by atoms with Crippen molar-refractivity contribution in [3.05, 3.63) is 0 Å². The molecule has 0 spiro atoms. The first-order chi connectivity index (χ1) is 16.1. The highest BCUT2D eigenvalue weighted by molar-refractivity contribution is 5.88. The van der Waals surface area contributed by atoms with Crippen LogP contribution in [0.1, 0.15) is 104 Å². The van der Waals surface area contributed by atoms with Crippen LogP contribution in [-0.2, 0) is 9.59 Å². The Morgan fingerprint density at radius 3 is 2.09 bits per heavy atom. The number of hydrogen-bond acceptors (Lipinski definition) is 4. The average Bonchev–Trinajstić information content (AvgIpc) is 2.78. The highest BCUT2D eigenvalue weighted by atomic mass is 16.4. The molecule has 6 N–H and O–H groups in total. The van der Waals surface area contributed by atoms with Gasteiger partial charge in [0.15, 0.2) is 0 Å². The van der Waals surface area contributed by atoms with Crippen molar-refractivity contribution in [2.75, 3.05) is 6.54 Å². The molecule has 8 nitrogen and oxygen atoms in total. The van der Waals surface area contributed by atoms with Crippen molar-refractivity contribution in [3.8, 4) is 0 Å². The number of carbonyl (C=O) groups excluding carboxylic acids is 2. The number of nitrogens with one attached hydrogen (secondary N) is 3. The molecule has 2 saturated carbocycles. The Morgan fingerprint density at radius 2 is 1.53 bits per heavy atom. The van der Waals surface area contributed by atoms with Crippen molar-refractivity contribution in [2.24, 2.45) is 23.0 Å². The molecule has 8 heteroatoms. The molecule has 2 fully saturated rings. The summed E-state index contributed by atoms with van der Waals surface area (Å²) in [5.74, 6) is -0.151. The molecule has 2 rings (SSSR count). The molecule has 196 valence electrons. The summed E-state index contributed by atoms with van der Waals surface area (Å²) in [5, 5.41) is 18.0. The number of aliphatic carboxylic acids is 1. The first-order valence-electron chi connectivity index (χ1n) is 13.4. The maximum Gasteiger partial charge on any atom is 0.326 e. The van der Waals surface area contributed by atoms with Gasteiger partial charge in [-0.25, -0.2) is 9.59 Å². The zero-order chi connectivity index (χ0) is 25.1. The molecule has 3 amide bonds. The van der Waals surface area contributed by atoms with Crippen LogP contribution in [0.25, 0.3) is 0 Å². The number of carbonyl (C=O) groups is 3. The number of hydrogen-bond donors (Lipinski definition) is 5. The number of amides is 3. The van der Waals surface area contributed by atoms with Crippen molar-refractivity contribution in [1.82, 2.24) is 16.0 Å². The summed E-state index contributed by atoms with van der Waals surface area (Å²) in [7, 11) is 0. The molecule has 0 aromatic rings. The molecule has 34 heavy (non-hydrogen) atoms. The van der Waals surface area contributed by atoms with E-state index in [0.29, 0.717) is 44.1 Å². The van der Waals surface area contributed by atoms with E-state index in [2.05, 4.69) is 36.7 Å². The minimum Gasteiger partial charge on any atom is -0.480 e. The van der Waals surface area contributed by atoms with Crippen LogP contribution < -0.4 is 21.7 Å². The molecule has 2 aliphatic carbocycles. The van der Waals surface area contributed by atoms with Crippen LogP contribution in [0.4, 0.5) is 4.79 Å². The molecule has 0 aliphatic heterocycles. The second-order valence-electron chi connectivity index (χ2n) is 11.5. The first-order valence-corrected chi connectivity index (χ1v) is 13.4. The van der Waals surface area contributed by atoms with Gasteiger partial charge in [-0.3, -0.25) is 4.79 Å². The van der Waals surface area contributed by atoms with Gasteiger partial charge in [0.1, 0.15) is 12.1 Å². The summed E-state index contributed by atoms with van der Waals surface area (Å²) >= 11 is 0. The summed E-state index contributed by atoms with van der Waals surface area (Å²) in [6.45, 7) is 7.32. The van der Waals surface area contributed by atoms with E-state index in [4.69, 9.17) is 5.73 Å². The van der Waals surface area contributed by atoms with Crippen LogP contribution in [0.2, 0.25) is 0 Å². The predicted octanol–water partition coefficient (Wildman–Crippen LogP) is 3.93. The van der Waals surface area contributed by atoms with E-state index >= 15 is 0 Å². The third-order valence-corrected chi connectivity index (χ3v) is 7.76. The van der Waals surface area contributed by atoms with E-state index in [0.717, 1.165) is 51.4 Å². The Bertz CT molecular complexity index is 650. The Labute approximate surface area is 205 Å². The summed E-state index contributed by atoms with van der Waals surface area (Å²) in [6, 6.07) is -2.10. The fourth-order valence-electron chi connectivity index (χ4n) is 5.50. The van der Waals surface area contributed by atoms with Gasteiger partial charge >= 0.3 is 12.0 Å². The van der Waals surface area contributed by atoms with Gasteiger partial charge in [0.25, 0.3) is 0 Å². The second kappa shape index (κ2) is 13.9. The van der Waals surface area contributed by atoms with Crippen LogP contribution in [0, 0.1) is 17.3 Å². The van der Waals surface area contributed by atoms with Gasteiger partial charge in [-0.05, 0) is 75.2 Å². The highest BCUT2D eigenvalue weighted by Gasteiger charge is 2.33. The maximum absolute atomic E-state index is 13.2. The van der Waals surface area contributed by atoms with Crippen LogP contribution in [0.5, 0.6) is 0 Å². The third kappa shape index (κ3) is 9.80. The standard InChI is InChI=1S/C26H48N4O4/c1-26(2,3)19-12-14-20(15-13-19)28-23(31)22(17-18-9-5-4-6-10-18)30-25(34)29-21(24(32)33)11-7-8-16-27/h18-22H,4-17,27H2,1-3H3,(H,28,31)(H,32,33)(H2,29,30,34)/t19?,20?,21?,22-/m0/s1. The molecule has 0 bridgehead atoms. The minimum atomic E-state index is -1.07. The summed E-state index contributed by atoms with van der Waals surface area (Å²) in [4.78, 5) is 37.5. The van der Waals surface area contributed by atoms with Crippen molar-refractivity contribution in [3.63, 3.8) is 0 Å². The SMILES string of the molecule is CC(C)(C)C1CCC(NC(=O)[C@H](CC2CCCCC2)NC(=O)NC(CCCCN)C(=O)O)CC1.